The van der Waals surface area contributed by atoms with Crippen molar-refractivity contribution in [2.75, 3.05) is 90.9 Å². The predicted octanol–water partition coefficient (Wildman–Crippen LogP) is 3.06. The number of ketones is 1. The molecular weight excluding hydrogens is 466 g/mol. The summed E-state index contributed by atoms with van der Waals surface area (Å²) >= 11 is 0. The van der Waals surface area contributed by atoms with Gasteiger partial charge in [-0.3, -0.25) is 14.6 Å². The van der Waals surface area contributed by atoms with Gasteiger partial charge in [0.2, 0.25) is 0 Å². The van der Waals surface area contributed by atoms with Crippen LogP contribution in [0.2, 0.25) is 0 Å². The number of nitrogens with zero attached hydrogens (tertiary/aromatic N) is 3. The van der Waals surface area contributed by atoms with Crippen LogP contribution in [0.15, 0.2) is 18.2 Å². The van der Waals surface area contributed by atoms with E-state index in [-0.39, 0.29) is 11.5 Å². The van der Waals surface area contributed by atoms with E-state index in [1.165, 1.54) is 30.5 Å². The highest BCUT2D eigenvalue weighted by atomic mass is 16.5. The van der Waals surface area contributed by atoms with Gasteiger partial charge in [0.05, 0.1) is 39.1 Å². The Morgan fingerprint density at radius 1 is 0.973 bits per heavy atom. The minimum Gasteiger partial charge on any atom is -0.382 e. The average molecular weight is 512 g/mol. The number of methoxy groups -OCH3 is 1. The van der Waals surface area contributed by atoms with Crippen molar-refractivity contribution < 1.29 is 19.0 Å². The molecule has 4 unspecified atom stereocenters. The molecule has 2 heterocycles. The zero-order chi connectivity index (χ0) is 25.6. The lowest BCUT2D eigenvalue weighted by Gasteiger charge is -2.61. The monoisotopic (exact) mass is 511 g/mol. The van der Waals surface area contributed by atoms with E-state index in [0.717, 1.165) is 63.9 Å². The highest BCUT2D eigenvalue weighted by Gasteiger charge is 2.70. The van der Waals surface area contributed by atoms with E-state index < -0.39 is 0 Å². The van der Waals surface area contributed by atoms with Crippen LogP contribution in [0.4, 0.5) is 5.69 Å². The van der Waals surface area contributed by atoms with Gasteiger partial charge in [-0.2, -0.15) is 0 Å². The number of Topliss-reactive ketones (excluding diaryl/α,β-unsaturated/α-hetero) is 1. The lowest BCUT2D eigenvalue weighted by molar-refractivity contribution is -0.0228. The molecule has 0 radical (unpaired) electrons. The molecule has 5 aliphatic rings. The summed E-state index contributed by atoms with van der Waals surface area (Å²) in [5.41, 5.74) is 4.03. The molecule has 2 aliphatic heterocycles. The Morgan fingerprint density at radius 2 is 1.70 bits per heavy atom. The van der Waals surface area contributed by atoms with Gasteiger partial charge in [0, 0.05) is 64.2 Å². The van der Waals surface area contributed by atoms with E-state index in [1.807, 2.05) is 0 Å². The SMILES string of the molecule is COCCOCCOCCN1CCN(c2ccc3c(c2)C2(C)CC4(C)CN(CC5CC5)C(C3=O)C42)CC1. The summed E-state index contributed by atoms with van der Waals surface area (Å²) in [6.07, 6.45) is 3.90. The number of piperazine rings is 1. The van der Waals surface area contributed by atoms with Gasteiger partial charge in [0.1, 0.15) is 0 Å². The summed E-state index contributed by atoms with van der Waals surface area (Å²) in [4.78, 5) is 21.4. The number of carbonyl (C=O) groups is 1. The van der Waals surface area contributed by atoms with E-state index in [0.29, 0.717) is 43.5 Å². The standard InChI is InChI=1S/C30H45N3O4/c1-29-20-30(2)25-18-23(32-10-8-31(9-11-32)12-13-36-16-17-37-15-14-35-3)6-7-24(25)27(34)26(28(29)30)33(21-29)19-22-4-5-22/h6-7,18,22,26,28H,4-5,8-17,19-21H2,1-3H3. The average Bonchev–Trinajstić information content (AvgIpc) is 3.67. The summed E-state index contributed by atoms with van der Waals surface area (Å²) in [7, 11) is 1.68. The molecule has 2 saturated carbocycles. The molecule has 7 heteroatoms. The molecule has 0 N–H and O–H groups in total. The molecule has 0 aromatic heterocycles. The molecule has 6 rings (SSSR count). The molecule has 0 bridgehead atoms. The Bertz CT molecular complexity index is 991. The highest BCUT2D eigenvalue weighted by molar-refractivity contribution is 6.04. The highest BCUT2D eigenvalue weighted by Crippen LogP contribution is 2.68. The number of carbonyl (C=O) groups excluding carboxylic acids is 1. The number of benzene rings is 1. The fourth-order valence-corrected chi connectivity index (χ4v) is 8.21. The van der Waals surface area contributed by atoms with E-state index in [9.17, 15) is 4.79 Å². The third kappa shape index (κ3) is 4.76. The van der Waals surface area contributed by atoms with Crippen LogP contribution in [0.1, 0.15) is 49.0 Å². The van der Waals surface area contributed by atoms with Crippen molar-refractivity contribution in [1.82, 2.24) is 9.80 Å². The Morgan fingerprint density at radius 3 is 2.43 bits per heavy atom. The second kappa shape index (κ2) is 10.2. The van der Waals surface area contributed by atoms with E-state index in [1.54, 1.807) is 7.11 Å². The van der Waals surface area contributed by atoms with Crippen molar-refractivity contribution in [3.63, 3.8) is 0 Å². The molecule has 3 aliphatic carbocycles. The van der Waals surface area contributed by atoms with E-state index in [4.69, 9.17) is 14.2 Å². The number of ether oxygens (including phenoxy) is 3. The van der Waals surface area contributed by atoms with Gasteiger partial charge in [0.15, 0.2) is 5.78 Å². The molecule has 204 valence electrons. The van der Waals surface area contributed by atoms with Crippen molar-refractivity contribution in [3.05, 3.63) is 29.3 Å². The first-order valence-corrected chi connectivity index (χ1v) is 14.5. The third-order valence-electron chi connectivity index (χ3n) is 9.92. The molecule has 4 fully saturated rings. The molecule has 7 nitrogen and oxygen atoms in total. The smallest absolute Gasteiger partial charge is 0.180 e. The summed E-state index contributed by atoms with van der Waals surface area (Å²) in [5, 5.41) is 0. The maximum Gasteiger partial charge on any atom is 0.180 e. The topological polar surface area (TPSA) is 54.5 Å². The van der Waals surface area contributed by atoms with Gasteiger partial charge in [-0.1, -0.05) is 13.8 Å². The third-order valence-corrected chi connectivity index (χ3v) is 9.92. The Balaban J connectivity index is 1.05. The first kappa shape index (κ1) is 25.8. The Hall–Kier alpha value is -1.51. The minimum absolute atomic E-state index is 0.102. The Labute approximate surface area is 222 Å². The number of hydrogen-bond donors (Lipinski definition) is 0. The molecule has 1 aromatic carbocycles. The lowest BCUT2D eigenvalue weighted by Crippen LogP contribution is -2.62. The van der Waals surface area contributed by atoms with Gasteiger partial charge in [-0.15, -0.1) is 0 Å². The molecule has 4 atom stereocenters. The number of likely N-dealkylation sites (tertiary alicyclic amines) is 1. The number of anilines is 1. The molecule has 1 aromatic rings. The summed E-state index contributed by atoms with van der Waals surface area (Å²) in [6.45, 7) is 15.4. The summed E-state index contributed by atoms with van der Waals surface area (Å²) in [5.74, 6) is 1.69. The first-order chi connectivity index (χ1) is 17.9. The molecule has 0 amide bonds. The van der Waals surface area contributed by atoms with Gasteiger partial charge < -0.3 is 19.1 Å². The fourth-order valence-electron chi connectivity index (χ4n) is 8.21. The van der Waals surface area contributed by atoms with Gasteiger partial charge in [-0.05, 0) is 65.7 Å². The normalized spacial score (nSPS) is 33.4. The first-order valence-electron chi connectivity index (χ1n) is 14.5. The van der Waals surface area contributed by atoms with Crippen molar-refractivity contribution in [2.45, 2.75) is 44.6 Å². The van der Waals surface area contributed by atoms with Gasteiger partial charge in [0.25, 0.3) is 0 Å². The van der Waals surface area contributed by atoms with Crippen LogP contribution in [-0.2, 0) is 19.6 Å². The number of rotatable bonds is 12. The molecule has 0 spiro atoms. The van der Waals surface area contributed by atoms with Crippen LogP contribution in [0.3, 0.4) is 0 Å². The van der Waals surface area contributed by atoms with Crippen molar-refractivity contribution >= 4 is 11.5 Å². The zero-order valence-electron chi connectivity index (χ0n) is 23.0. The number of hydrogen-bond acceptors (Lipinski definition) is 7. The number of fused-ring (bicyclic) bond motifs is 2. The maximum atomic E-state index is 13.8. The van der Waals surface area contributed by atoms with Crippen LogP contribution in [0.5, 0.6) is 0 Å². The van der Waals surface area contributed by atoms with Gasteiger partial charge >= 0.3 is 0 Å². The quantitative estimate of drug-likeness (QED) is 0.400. The van der Waals surface area contributed by atoms with E-state index >= 15 is 0 Å². The lowest BCUT2D eigenvalue weighted by atomic mass is 9.42. The van der Waals surface area contributed by atoms with Crippen LogP contribution >= 0.6 is 0 Å². The molecule has 37 heavy (non-hydrogen) atoms. The maximum absolute atomic E-state index is 13.8. The zero-order valence-corrected chi connectivity index (χ0v) is 23.0. The molecular formula is C30H45N3O4. The van der Waals surface area contributed by atoms with E-state index in [2.05, 4.69) is 46.7 Å². The van der Waals surface area contributed by atoms with Crippen LogP contribution in [-0.4, -0.2) is 108 Å². The van der Waals surface area contributed by atoms with Crippen LogP contribution in [0, 0.1) is 17.3 Å². The van der Waals surface area contributed by atoms with Crippen LogP contribution < -0.4 is 4.90 Å². The van der Waals surface area contributed by atoms with Gasteiger partial charge in [-0.25, -0.2) is 0 Å². The Kier molecular flexibility index (Phi) is 7.12. The van der Waals surface area contributed by atoms with Crippen molar-refractivity contribution in [2.24, 2.45) is 17.3 Å². The fraction of sp³-hybridized carbons (Fsp3) is 0.767. The largest absolute Gasteiger partial charge is 0.382 e. The van der Waals surface area contributed by atoms with Crippen molar-refractivity contribution in [1.29, 1.82) is 0 Å². The minimum atomic E-state index is 0.102. The second-order valence-electron chi connectivity index (χ2n) is 12.7. The second-order valence-corrected chi connectivity index (χ2v) is 12.7. The summed E-state index contributed by atoms with van der Waals surface area (Å²) in [6, 6.07) is 6.85. The predicted molar refractivity (Wildman–Crippen MR) is 145 cm³/mol. The summed E-state index contributed by atoms with van der Waals surface area (Å²) < 4.78 is 16.2. The van der Waals surface area contributed by atoms with Crippen molar-refractivity contribution in [3.8, 4) is 0 Å². The van der Waals surface area contributed by atoms with Crippen LogP contribution in [0.25, 0.3) is 0 Å². The molecule has 2 saturated heterocycles.